The number of hydrogen-bond donors (Lipinski definition) is 3. The molecule has 90 valence electrons. The Morgan fingerprint density at radius 3 is 2.82 bits per heavy atom. The quantitative estimate of drug-likeness (QED) is 0.731. The molecular weight excluding hydrogens is 216 g/mol. The lowest BCUT2D eigenvalue weighted by atomic mass is 10.0. The zero-order valence-electron chi connectivity index (χ0n) is 9.67. The van der Waals surface area contributed by atoms with E-state index in [0.717, 1.165) is 10.8 Å². The monoisotopic (exact) mass is 232 g/mol. The van der Waals surface area contributed by atoms with Crippen molar-refractivity contribution in [3.8, 4) is 0 Å². The van der Waals surface area contributed by atoms with E-state index in [9.17, 15) is 10.2 Å². The molecule has 0 saturated carbocycles. The minimum Gasteiger partial charge on any atom is -0.389 e. The van der Waals surface area contributed by atoms with E-state index in [1.807, 2.05) is 24.3 Å². The van der Waals surface area contributed by atoms with E-state index >= 15 is 0 Å². The number of nitrogens with one attached hydrogen (secondary N) is 1. The highest BCUT2D eigenvalue weighted by molar-refractivity contribution is 5.82. The van der Waals surface area contributed by atoms with E-state index in [-0.39, 0.29) is 0 Å². The Morgan fingerprint density at radius 2 is 2.06 bits per heavy atom. The van der Waals surface area contributed by atoms with Crippen LogP contribution in [0, 0.1) is 0 Å². The van der Waals surface area contributed by atoms with Gasteiger partial charge in [-0.05, 0) is 30.1 Å². The van der Waals surface area contributed by atoms with Crippen LogP contribution in [0.15, 0.2) is 36.7 Å². The van der Waals surface area contributed by atoms with Crippen LogP contribution in [-0.2, 0) is 0 Å². The Labute approximate surface area is 99.9 Å². The maximum absolute atomic E-state index is 9.97. The van der Waals surface area contributed by atoms with Gasteiger partial charge in [-0.25, -0.2) is 0 Å². The average Bonchev–Trinajstić information content (AvgIpc) is 2.37. The van der Waals surface area contributed by atoms with E-state index in [1.165, 1.54) is 0 Å². The summed E-state index contributed by atoms with van der Waals surface area (Å²) in [5.74, 6) is 0. The molecular formula is C13H16N2O2. The summed E-state index contributed by atoms with van der Waals surface area (Å²) >= 11 is 0. The van der Waals surface area contributed by atoms with Gasteiger partial charge in [-0.2, -0.15) is 0 Å². The third kappa shape index (κ3) is 2.61. The smallest absolute Gasteiger partial charge is 0.106 e. The number of aliphatic hydroxyl groups is 2. The molecule has 4 nitrogen and oxygen atoms in total. The minimum atomic E-state index is -0.875. The molecule has 0 aliphatic heterocycles. The molecule has 1 aromatic heterocycles. The van der Waals surface area contributed by atoms with Crippen LogP contribution in [0.3, 0.4) is 0 Å². The summed E-state index contributed by atoms with van der Waals surface area (Å²) in [6.07, 6.45) is 1.80. The first-order chi connectivity index (χ1) is 8.22. The molecule has 1 aromatic carbocycles. The Balaban J connectivity index is 2.29. The molecule has 2 rings (SSSR count). The molecule has 0 amide bonds. The molecule has 0 saturated heterocycles. The van der Waals surface area contributed by atoms with Crippen molar-refractivity contribution in [3.63, 3.8) is 0 Å². The summed E-state index contributed by atoms with van der Waals surface area (Å²) in [6, 6.07) is 7.47. The van der Waals surface area contributed by atoms with Crippen LogP contribution in [-0.4, -0.2) is 34.9 Å². The highest BCUT2D eigenvalue weighted by Crippen LogP contribution is 2.21. The van der Waals surface area contributed by atoms with Gasteiger partial charge in [0.15, 0.2) is 0 Å². The van der Waals surface area contributed by atoms with Crippen LogP contribution >= 0.6 is 0 Å². The Morgan fingerprint density at radius 1 is 1.24 bits per heavy atom. The van der Waals surface area contributed by atoms with Crippen LogP contribution in [0.4, 0.5) is 0 Å². The Bertz CT molecular complexity index is 501. The lowest BCUT2D eigenvalue weighted by Crippen LogP contribution is -2.29. The second-order valence-corrected chi connectivity index (χ2v) is 4.05. The fourth-order valence-corrected chi connectivity index (χ4v) is 1.83. The van der Waals surface area contributed by atoms with Gasteiger partial charge in [0.25, 0.3) is 0 Å². The first-order valence-electron chi connectivity index (χ1n) is 5.57. The summed E-state index contributed by atoms with van der Waals surface area (Å²) in [6.45, 7) is 0.357. The lowest BCUT2D eigenvalue weighted by Gasteiger charge is -2.18. The van der Waals surface area contributed by atoms with E-state index < -0.39 is 12.2 Å². The minimum absolute atomic E-state index is 0.357. The van der Waals surface area contributed by atoms with Crippen LogP contribution in [0.2, 0.25) is 0 Å². The third-order valence-electron chi connectivity index (χ3n) is 2.78. The topological polar surface area (TPSA) is 65.4 Å². The second kappa shape index (κ2) is 5.23. The molecule has 0 bridgehead atoms. The first-order valence-corrected chi connectivity index (χ1v) is 5.57. The van der Waals surface area contributed by atoms with E-state index in [4.69, 9.17) is 0 Å². The van der Waals surface area contributed by atoms with Gasteiger partial charge < -0.3 is 15.5 Å². The van der Waals surface area contributed by atoms with Crippen molar-refractivity contribution in [2.75, 3.05) is 13.6 Å². The SMILES string of the molecule is CNCC(O)C(O)c1ccc2cnccc2c1. The molecule has 3 N–H and O–H groups in total. The number of pyridine rings is 1. The van der Waals surface area contributed by atoms with Crippen molar-refractivity contribution in [2.45, 2.75) is 12.2 Å². The molecule has 2 atom stereocenters. The molecule has 1 heterocycles. The number of rotatable bonds is 4. The third-order valence-corrected chi connectivity index (χ3v) is 2.78. The fourth-order valence-electron chi connectivity index (χ4n) is 1.83. The standard InChI is InChI=1S/C13H16N2O2/c1-14-8-12(16)13(17)10-2-3-11-7-15-5-4-9(11)6-10/h2-7,12-14,16-17H,8H2,1H3. The molecule has 0 aliphatic rings. The van der Waals surface area contributed by atoms with Crippen molar-refractivity contribution >= 4 is 10.8 Å². The van der Waals surface area contributed by atoms with E-state index in [0.29, 0.717) is 12.1 Å². The van der Waals surface area contributed by atoms with E-state index in [2.05, 4.69) is 10.3 Å². The number of benzene rings is 1. The maximum atomic E-state index is 9.97. The highest BCUT2D eigenvalue weighted by Gasteiger charge is 2.17. The summed E-state index contributed by atoms with van der Waals surface area (Å²) in [5, 5.41) is 24.6. The molecule has 2 unspecified atom stereocenters. The average molecular weight is 232 g/mol. The predicted molar refractivity (Wildman–Crippen MR) is 66.6 cm³/mol. The van der Waals surface area contributed by atoms with Gasteiger partial charge in [0.1, 0.15) is 6.10 Å². The number of aromatic nitrogens is 1. The normalized spacial score (nSPS) is 14.8. The summed E-state index contributed by atoms with van der Waals surface area (Å²) in [4.78, 5) is 4.03. The predicted octanol–water partition coefficient (Wildman–Crippen LogP) is 0.848. The van der Waals surface area contributed by atoms with Gasteiger partial charge in [-0.3, -0.25) is 4.98 Å². The number of fused-ring (bicyclic) bond motifs is 1. The van der Waals surface area contributed by atoms with Crippen LogP contribution < -0.4 is 5.32 Å². The molecule has 0 spiro atoms. The number of aliphatic hydroxyl groups excluding tert-OH is 2. The van der Waals surface area contributed by atoms with Gasteiger partial charge >= 0.3 is 0 Å². The van der Waals surface area contributed by atoms with Crippen molar-refractivity contribution in [1.29, 1.82) is 0 Å². The van der Waals surface area contributed by atoms with Crippen LogP contribution in [0.25, 0.3) is 10.8 Å². The summed E-state index contributed by atoms with van der Waals surface area (Å²) in [7, 11) is 1.74. The van der Waals surface area contributed by atoms with Gasteiger partial charge in [0.2, 0.25) is 0 Å². The lowest BCUT2D eigenvalue weighted by molar-refractivity contribution is 0.0203. The van der Waals surface area contributed by atoms with Gasteiger partial charge in [0.05, 0.1) is 6.10 Å². The Kier molecular flexibility index (Phi) is 3.68. The molecule has 17 heavy (non-hydrogen) atoms. The zero-order valence-corrected chi connectivity index (χ0v) is 9.67. The van der Waals surface area contributed by atoms with Crippen molar-refractivity contribution in [2.24, 2.45) is 0 Å². The van der Waals surface area contributed by atoms with Gasteiger partial charge in [0, 0.05) is 24.3 Å². The van der Waals surface area contributed by atoms with Crippen molar-refractivity contribution < 1.29 is 10.2 Å². The van der Waals surface area contributed by atoms with Gasteiger partial charge in [-0.1, -0.05) is 12.1 Å². The van der Waals surface area contributed by atoms with Crippen LogP contribution in [0.5, 0.6) is 0 Å². The molecule has 0 aliphatic carbocycles. The summed E-state index contributed by atoms with van der Waals surface area (Å²) < 4.78 is 0. The number of likely N-dealkylation sites (N-methyl/N-ethyl adjacent to an activating group) is 1. The van der Waals surface area contributed by atoms with Crippen molar-refractivity contribution in [3.05, 3.63) is 42.2 Å². The Hall–Kier alpha value is -1.49. The van der Waals surface area contributed by atoms with Crippen molar-refractivity contribution in [1.82, 2.24) is 10.3 Å². The number of hydrogen-bond acceptors (Lipinski definition) is 4. The molecule has 0 radical (unpaired) electrons. The second-order valence-electron chi connectivity index (χ2n) is 4.05. The maximum Gasteiger partial charge on any atom is 0.106 e. The molecule has 2 aromatic rings. The first kappa shape index (κ1) is 12.0. The van der Waals surface area contributed by atoms with Crippen LogP contribution in [0.1, 0.15) is 11.7 Å². The zero-order chi connectivity index (χ0) is 12.3. The van der Waals surface area contributed by atoms with Gasteiger partial charge in [-0.15, -0.1) is 0 Å². The number of nitrogens with zero attached hydrogens (tertiary/aromatic N) is 1. The molecule has 4 heteroatoms. The fraction of sp³-hybridized carbons (Fsp3) is 0.308. The largest absolute Gasteiger partial charge is 0.389 e. The molecule has 0 fully saturated rings. The van der Waals surface area contributed by atoms with E-state index in [1.54, 1.807) is 19.4 Å². The summed E-state index contributed by atoms with van der Waals surface area (Å²) in [5.41, 5.74) is 0.714. The highest BCUT2D eigenvalue weighted by atomic mass is 16.3.